The zero-order chi connectivity index (χ0) is 14.7. The molecule has 20 heavy (non-hydrogen) atoms. The molecule has 2 aromatic rings. The fraction of sp³-hybridized carbons (Fsp3) is 0.0667. The molecule has 0 fully saturated rings. The molecule has 5 heteroatoms. The van der Waals surface area contributed by atoms with E-state index in [4.69, 9.17) is 0 Å². The van der Waals surface area contributed by atoms with Crippen LogP contribution in [0.5, 0.6) is 0 Å². The Kier molecular flexibility index (Phi) is 4.17. The van der Waals surface area contributed by atoms with Gasteiger partial charge in [0.25, 0.3) is 0 Å². The predicted octanol–water partition coefficient (Wildman–Crippen LogP) is 4.64. The first-order valence-corrected chi connectivity index (χ1v) is 5.74. The average Bonchev–Trinajstić information content (AvgIpc) is 2.48. The van der Waals surface area contributed by atoms with Crippen molar-refractivity contribution in [1.82, 2.24) is 0 Å². The molecule has 0 saturated heterocycles. The van der Waals surface area contributed by atoms with Crippen molar-refractivity contribution < 1.29 is 22.0 Å². The van der Waals surface area contributed by atoms with Crippen LogP contribution < -0.4 is 0 Å². The lowest BCUT2D eigenvalue weighted by Crippen LogP contribution is -2.06. The predicted molar refractivity (Wildman–Crippen MR) is 65.4 cm³/mol. The lowest BCUT2D eigenvalue weighted by Gasteiger charge is -2.05. The molecule has 104 valence electrons. The van der Waals surface area contributed by atoms with Crippen molar-refractivity contribution in [3.63, 3.8) is 0 Å². The summed E-state index contributed by atoms with van der Waals surface area (Å²) >= 11 is 0. The molecule has 0 amide bonds. The minimum atomic E-state index is -2.14. The number of allylic oxidation sites excluding steroid dienone is 1. The summed E-state index contributed by atoms with van der Waals surface area (Å²) in [5.41, 5.74) is -0.0787. The van der Waals surface area contributed by atoms with Gasteiger partial charge in [-0.05, 0) is 12.0 Å². The lowest BCUT2D eigenvalue weighted by molar-refractivity contribution is 0.371. The van der Waals surface area contributed by atoms with Gasteiger partial charge in [-0.3, -0.25) is 0 Å². The van der Waals surface area contributed by atoms with Crippen LogP contribution >= 0.6 is 0 Å². The maximum absolute atomic E-state index is 13.4. The van der Waals surface area contributed by atoms with Gasteiger partial charge in [0.15, 0.2) is 23.3 Å². The zero-order valence-electron chi connectivity index (χ0n) is 10.1. The Balaban J connectivity index is 2.29. The second-order valence-electron chi connectivity index (χ2n) is 4.07. The van der Waals surface area contributed by atoms with Crippen molar-refractivity contribution in [2.45, 2.75) is 6.42 Å². The van der Waals surface area contributed by atoms with Gasteiger partial charge in [0.2, 0.25) is 5.82 Å². The highest BCUT2D eigenvalue weighted by atomic mass is 19.2. The first kappa shape index (κ1) is 14.2. The van der Waals surface area contributed by atoms with Gasteiger partial charge in [-0.15, -0.1) is 0 Å². The van der Waals surface area contributed by atoms with Crippen molar-refractivity contribution in [3.8, 4) is 0 Å². The molecule has 0 nitrogen and oxygen atoms in total. The highest BCUT2D eigenvalue weighted by Crippen LogP contribution is 2.23. The first-order valence-electron chi connectivity index (χ1n) is 5.74. The van der Waals surface area contributed by atoms with E-state index in [1.54, 1.807) is 30.3 Å². The van der Waals surface area contributed by atoms with Gasteiger partial charge in [-0.1, -0.05) is 42.5 Å². The molecule has 0 aliphatic rings. The van der Waals surface area contributed by atoms with Crippen LogP contribution in [0.15, 0.2) is 36.4 Å². The van der Waals surface area contributed by atoms with E-state index in [1.165, 1.54) is 12.2 Å². The molecule has 0 saturated carbocycles. The van der Waals surface area contributed by atoms with Crippen molar-refractivity contribution in [1.29, 1.82) is 0 Å². The summed E-state index contributed by atoms with van der Waals surface area (Å²) in [4.78, 5) is 0. The zero-order valence-corrected chi connectivity index (χ0v) is 10.1. The molecule has 0 aliphatic heterocycles. The number of rotatable bonds is 3. The van der Waals surface area contributed by atoms with Gasteiger partial charge in [0.05, 0.1) is 0 Å². The topological polar surface area (TPSA) is 0 Å². The minimum absolute atomic E-state index is 0.388. The van der Waals surface area contributed by atoms with Gasteiger partial charge in [-0.25, -0.2) is 22.0 Å². The third-order valence-electron chi connectivity index (χ3n) is 2.73. The molecule has 0 heterocycles. The van der Waals surface area contributed by atoms with Crippen molar-refractivity contribution >= 4 is 6.08 Å². The van der Waals surface area contributed by atoms with E-state index < -0.39 is 34.6 Å². The molecule has 0 N–H and O–H groups in total. The quantitative estimate of drug-likeness (QED) is 0.437. The van der Waals surface area contributed by atoms with Crippen LogP contribution in [0.2, 0.25) is 0 Å². The van der Waals surface area contributed by atoms with Gasteiger partial charge in [0.1, 0.15) is 0 Å². The Morgan fingerprint density at radius 1 is 0.700 bits per heavy atom. The van der Waals surface area contributed by atoms with E-state index in [2.05, 4.69) is 0 Å². The van der Waals surface area contributed by atoms with Crippen LogP contribution in [-0.4, -0.2) is 0 Å². The molecule has 0 aliphatic carbocycles. The minimum Gasteiger partial charge on any atom is -0.203 e. The van der Waals surface area contributed by atoms with E-state index in [9.17, 15) is 22.0 Å². The molecule has 2 rings (SSSR count). The molecule has 0 unspecified atom stereocenters. The number of halogens is 5. The van der Waals surface area contributed by atoms with Gasteiger partial charge >= 0.3 is 0 Å². The third kappa shape index (κ3) is 2.71. The van der Waals surface area contributed by atoms with Crippen LogP contribution in [0.3, 0.4) is 0 Å². The van der Waals surface area contributed by atoms with Crippen molar-refractivity contribution in [2.24, 2.45) is 0 Å². The summed E-state index contributed by atoms with van der Waals surface area (Å²) in [5, 5.41) is 0. The number of benzene rings is 2. The number of hydrogen-bond acceptors (Lipinski definition) is 0. The first-order chi connectivity index (χ1) is 9.52. The summed E-state index contributed by atoms with van der Waals surface area (Å²) in [6.45, 7) is 0. The maximum atomic E-state index is 13.4. The monoisotopic (exact) mass is 284 g/mol. The Morgan fingerprint density at radius 3 is 1.75 bits per heavy atom. The highest BCUT2D eigenvalue weighted by molar-refractivity contribution is 5.49. The van der Waals surface area contributed by atoms with E-state index in [0.29, 0.717) is 0 Å². The molecule has 0 spiro atoms. The van der Waals surface area contributed by atoms with Crippen molar-refractivity contribution in [3.05, 3.63) is 76.6 Å². The van der Waals surface area contributed by atoms with Crippen LogP contribution in [-0.2, 0) is 6.42 Å². The fourth-order valence-corrected chi connectivity index (χ4v) is 1.71. The normalized spacial score (nSPS) is 11.2. The Morgan fingerprint density at radius 2 is 1.20 bits per heavy atom. The van der Waals surface area contributed by atoms with E-state index in [0.717, 1.165) is 5.56 Å². The van der Waals surface area contributed by atoms with Gasteiger partial charge < -0.3 is 0 Å². The molecule has 0 atom stereocenters. The van der Waals surface area contributed by atoms with Crippen molar-refractivity contribution in [2.75, 3.05) is 0 Å². The molecular formula is C15H9F5. The average molecular weight is 284 g/mol. The van der Waals surface area contributed by atoms with E-state index >= 15 is 0 Å². The van der Waals surface area contributed by atoms with Crippen LogP contribution in [0.4, 0.5) is 22.0 Å². The summed E-state index contributed by atoms with van der Waals surface area (Å²) in [6, 6.07) is 8.81. The largest absolute Gasteiger partial charge is 0.203 e. The Bertz CT molecular complexity index is 618. The standard InChI is InChI=1S/C15H9F5/c16-11-10(12(17)14(19)15(20)13(11)18)8-4-7-9-5-2-1-3-6-9/h1-7H,8H2/b7-4+. The summed E-state index contributed by atoms with van der Waals surface area (Å²) in [7, 11) is 0. The molecule has 2 aromatic carbocycles. The van der Waals surface area contributed by atoms with Crippen LogP contribution in [0.25, 0.3) is 6.08 Å². The molecular weight excluding hydrogens is 275 g/mol. The maximum Gasteiger partial charge on any atom is 0.200 e. The summed E-state index contributed by atoms with van der Waals surface area (Å²) in [6.07, 6.45) is 2.49. The Labute approximate surface area is 112 Å². The van der Waals surface area contributed by atoms with Crippen LogP contribution in [0.1, 0.15) is 11.1 Å². The fourth-order valence-electron chi connectivity index (χ4n) is 1.71. The van der Waals surface area contributed by atoms with Crippen LogP contribution in [0, 0.1) is 29.1 Å². The number of hydrogen-bond donors (Lipinski definition) is 0. The lowest BCUT2D eigenvalue weighted by atomic mass is 10.1. The molecule has 0 aromatic heterocycles. The third-order valence-corrected chi connectivity index (χ3v) is 2.73. The SMILES string of the molecule is Fc1c(F)c(F)c(C/C=C/c2ccccc2)c(F)c1F. The van der Waals surface area contributed by atoms with Gasteiger partial charge in [-0.2, -0.15) is 0 Å². The second-order valence-corrected chi connectivity index (χ2v) is 4.07. The Hall–Kier alpha value is -2.17. The smallest absolute Gasteiger partial charge is 0.200 e. The summed E-state index contributed by atoms with van der Waals surface area (Å²) in [5.74, 6) is -9.58. The molecule has 0 bridgehead atoms. The second kappa shape index (κ2) is 5.86. The molecule has 0 radical (unpaired) electrons. The highest BCUT2D eigenvalue weighted by Gasteiger charge is 2.24. The van der Waals surface area contributed by atoms with E-state index in [-0.39, 0.29) is 6.42 Å². The van der Waals surface area contributed by atoms with Gasteiger partial charge in [0, 0.05) is 5.56 Å². The summed E-state index contributed by atoms with van der Waals surface area (Å²) < 4.78 is 65.5. The van der Waals surface area contributed by atoms with E-state index in [1.807, 2.05) is 0 Å².